The summed E-state index contributed by atoms with van der Waals surface area (Å²) in [7, 11) is 2.77. The first-order chi connectivity index (χ1) is 8.49. The number of ketones is 1. The summed E-state index contributed by atoms with van der Waals surface area (Å²) < 4.78 is 10.2. The monoisotopic (exact) mass is 315 g/mol. The van der Waals surface area contributed by atoms with E-state index in [0.29, 0.717) is 15.8 Å². The van der Waals surface area contributed by atoms with Gasteiger partial charge in [-0.1, -0.05) is 0 Å². The number of benzene rings is 1. The van der Waals surface area contributed by atoms with Crippen LogP contribution in [0.1, 0.15) is 16.8 Å². The molecule has 0 bridgehead atoms. The molecule has 6 heteroatoms. The maximum absolute atomic E-state index is 11.9. The summed E-state index contributed by atoms with van der Waals surface area (Å²) >= 11 is 3.28. The molecule has 1 aromatic rings. The number of carbonyl (C=O) groups is 2. The van der Waals surface area contributed by atoms with Gasteiger partial charge in [0.05, 0.1) is 18.7 Å². The Morgan fingerprint density at radius 2 is 2.06 bits per heavy atom. The van der Waals surface area contributed by atoms with Gasteiger partial charge in [-0.25, -0.2) is 0 Å². The van der Waals surface area contributed by atoms with Crippen LogP contribution in [0.25, 0.3) is 0 Å². The first kappa shape index (κ1) is 14.7. The summed E-state index contributed by atoms with van der Waals surface area (Å²) in [5, 5.41) is 0. The first-order valence-corrected chi connectivity index (χ1v) is 5.99. The predicted molar refractivity (Wildman–Crippen MR) is 69.6 cm³/mol. The van der Waals surface area contributed by atoms with E-state index in [-0.39, 0.29) is 12.2 Å². The van der Waals surface area contributed by atoms with Crippen LogP contribution in [0, 0.1) is 0 Å². The quantitative estimate of drug-likeness (QED) is 0.658. The number of carbonyl (C=O) groups excluding carboxylic acids is 2. The Morgan fingerprint density at radius 3 is 2.56 bits per heavy atom. The van der Waals surface area contributed by atoms with Gasteiger partial charge in [-0.15, -0.1) is 0 Å². The standard InChI is InChI=1S/C12H14BrNO4/c1-17-11-4-3-7(5-8(11)13)10(15)6-9(14)12(16)18-2/h3-5,9H,6,14H2,1-2H3. The Balaban J connectivity index is 2.79. The van der Waals surface area contributed by atoms with E-state index in [4.69, 9.17) is 10.5 Å². The highest BCUT2D eigenvalue weighted by atomic mass is 79.9. The number of ether oxygens (including phenoxy) is 2. The molecular formula is C12H14BrNO4. The van der Waals surface area contributed by atoms with Crippen LogP contribution in [-0.2, 0) is 9.53 Å². The molecule has 1 unspecified atom stereocenters. The molecule has 0 aliphatic heterocycles. The van der Waals surface area contributed by atoms with E-state index in [1.54, 1.807) is 18.2 Å². The molecule has 0 amide bonds. The molecule has 1 rings (SSSR count). The highest BCUT2D eigenvalue weighted by molar-refractivity contribution is 9.10. The minimum atomic E-state index is -0.941. The molecule has 0 aromatic heterocycles. The highest BCUT2D eigenvalue weighted by Gasteiger charge is 2.19. The normalized spacial score (nSPS) is 11.8. The van der Waals surface area contributed by atoms with Gasteiger partial charge in [0.25, 0.3) is 0 Å². The molecule has 0 heterocycles. The smallest absolute Gasteiger partial charge is 0.323 e. The summed E-state index contributed by atoms with van der Waals surface area (Å²) in [6, 6.07) is 3.98. The van der Waals surface area contributed by atoms with Crippen LogP contribution in [0.2, 0.25) is 0 Å². The van der Waals surface area contributed by atoms with Gasteiger partial charge in [0.15, 0.2) is 5.78 Å². The van der Waals surface area contributed by atoms with Crippen molar-refractivity contribution in [2.75, 3.05) is 14.2 Å². The second-order valence-corrected chi connectivity index (χ2v) is 4.46. The minimum Gasteiger partial charge on any atom is -0.496 e. The van der Waals surface area contributed by atoms with Crippen LogP contribution < -0.4 is 10.5 Å². The number of hydrogen-bond donors (Lipinski definition) is 1. The molecule has 18 heavy (non-hydrogen) atoms. The van der Waals surface area contributed by atoms with Gasteiger partial charge in [-0.05, 0) is 34.1 Å². The van der Waals surface area contributed by atoms with Crippen LogP contribution in [0.4, 0.5) is 0 Å². The van der Waals surface area contributed by atoms with E-state index >= 15 is 0 Å². The number of methoxy groups -OCH3 is 2. The molecule has 0 aliphatic rings. The Hall–Kier alpha value is -1.40. The zero-order valence-electron chi connectivity index (χ0n) is 10.1. The Kier molecular flexibility index (Phi) is 5.30. The fraction of sp³-hybridized carbons (Fsp3) is 0.333. The lowest BCUT2D eigenvalue weighted by Gasteiger charge is -2.09. The minimum absolute atomic E-state index is 0.0918. The van der Waals surface area contributed by atoms with Gasteiger partial charge in [0, 0.05) is 12.0 Å². The van der Waals surface area contributed by atoms with Crippen molar-refractivity contribution in [2.24, 2.45) is 5.73 Å². The topological polar surface area (TPSA) is 78.6 Å². The van der Waals surface area contributed by atoms with Gasteiger partial charge in [-0.2, -0.15) is 0 Å². The Labute approximate surface area is 113 Å². The molecule has 0 saturated heterocycles. The van der Waals surface area contributed by atoms with E-state index in [1.807, 2.05) is 0 Å². The van der Waals surface area contributed by atoms with Crippen molar-refractivity contribution in [2.45, 2.75) is 12.5 Å². The lowest BCUT2D eigenvalue weighted by Crippen LogP contribution is -2.33. The molecule has 1 atom stereocenters. The van der Waals surface area contributed by atoms with Crippen LogP contribution >= 0.6 is 15.9 Å². The number of halogens is 1. The van der Waals surface area contributed by atoms with E-state index < -0.39 is 12.0 Å². The molecule has 98 valence electrons. The Morgan fingerprint density at radius 1 is 1.39 bits per heavy atom. The largest absolute Gasteiger partial charge is 0.496 e. The zero-order valence-corrected chi connectivity index (χ0v) is 11.7. The molecule has 1 aromatic carbocycles. The van der Waals surface area contributed by atoms with Gasteiger partial charge in [-0.3, -0.25) is 9.59 Å². The van der Waals surface area contributed by atoms with Crippen molar-refractivity contribution in [3.8, 4) is 5.75 Å². The number of esters is 1. The zero-order chi connectivity index (χ0) is 13.7. The van der Waals surface area contributed by atoms with Crippen molar-refractivity contribution in [3.05, 3.63) is 28.2 Å². The van der Waals surface area contributed by atoms with E-state index in [2.05, 4.69) is 20.7 Å². The molecule has 2 N–H and O–H groups in total. The average molecular weight is 316 g/mol. The lowest BCUT2D eigenvalue weighted by molar-refractivity contribution is -0.142. The molecule has 0 saturated carbocycles. The fourth-order valence-corrected chi connectivity index (χ4v) is 1.93. The number of nitrogens with two attached hydrogens (primary N) is 1. The summed E-state index contributed by atoms with van der Waals surface area (Å²) in [6.45, 7) is 0. The van der Waals surface area contributed by atoms with Crippen LogP contribution in [-0.4, -0.2) is 32.0 Å². The molecule has 0 fully saturated rings. The summed E-state index contributed by atoms with van der Waals surface area (Å²) in [6.07, 6.45) is -0.0918. The van der Waals surface area contributed by atoms with Gasteiger partial charge in [0.2, 0.25) is 0 Å². The van der Waals surface area contributed by atoms with Crippen molar-refractivity contribution in [1.29, 1.82) is 0 Å². The van der Waals surface area contributed by atoms with Gasteiger partial charge >= 0.3 is 5.97 Å². The van der Waals surface area contributed by atoms with Crippen molar-refractivity contribution >= 4 is 27.7 Å². The molecule has 5 nitrogen and oxygen atoms in total. The summed E-state index contributed by atoms with van der Waals surface area (Å²) in [5.74, 6) is -0.198. The second kappa shape index (κ2) is 6.51. The molecule has 0 aliphatic carbocycles. The molecule has 0 radical (unpaired) electrons. The maximum atomic E-state index is 11.9. The van der Waals surface area contributed by atoms with Crippen LogP contribution in [0.3, 0.4) is 0 Å². The van der Waals surface area contributed by atoms with Crippen LogP contribution in [0.5, 0.6) is 5.75 Å². The van der Waals surface area contributed by atoms with Crippen LogP contribution in [0.15, 0.2) is 22.7 Å². The third-order valence-corrected chi connectivity index (χ3v) is 3.00. The van der Waals surface area contributed by atoms with Gasteiger partial charge in [0.1, 0.15) is 11.8 Å². The average Bonchev–Trinajstić information content (AvgIpc) is 2.37. The Bertz CT molecular complexity index is 461. The van der Waals surface area contributed by atoms with Crippen molar-refractivity contribution < 1.29 is 19.1 Å². The summed E-state index contributed by atoms with van der Waals surface area (Å²) in [4.78, 5) is 23.0. The number of rotatable bonds is 5. The van der Waals surface area contributed by atoms with E-state index in [1.165, 1.54) is 14.2 Å². The van der Waals surface area contributed by atoms with Crippen molar-refractivity contribution in [3.63, 3.8) is 0 Å². The summed E-state index contributed by atoms with van der Waals surface area (Å²) in [5.41, 5.74) is 5.99. The number of hydrogen-bond acceptors (Lipinski definition) is 5. The number of Topliss-reactive ketones (excluding diaryl/α,β-unsaturated/α-hetero) is 1. The van der Waals surface area contributed by atoms with Crippen molar-refractivity contribution in [1.82, 2.24) is 0 Å². The SMILES string of the molecule is COC(=O)C(N)CC(=O)c1ccc(OC)c(Br)c1. The third-order valence-electron chi connectivity index (χ3n) is 2.38. The fourth-order valence-electron chi connectivity index (χ4n) is 1.39. The molecule has 0 spiro atoms. The molecular weight excluding hydrogens is 302 g/mol. The maximum Gasteiger partial charge on any atom is 0.323 e. The lowest BCUT2D eigenvalue weighted by atomic mass is 10.0. The third kappa shape index (κ3) is 3.54. The van der Waals surface area contributed by atoms with E-state index in [0.717, 1.165) is 0 Å². The van der Waals surface area contributed by atoms with Gasteiger partial charge < -0.3 is 15.2 Å². The highest BCUT2D eigenvalue weighted by Crippen LogP contribution is 2.26. The predicted octanol–water partition coefficient (Wildman–Crippen LogP) is 1.53. The van der Waals surface area contributed by atoms with E-state index in [9.17, 15) is 9.59 Å². The second-order valence-electron chi connectivity index (χ2n) is 3.61. The first-order valence-electron chi connectivity index (χ1n) is 5.19.